The molecule has 1 N–H and O–H groups in total. The maximum Gasteiger partial charge on any atom is 0.148 e. The zero-order valence-electron chi connectivity index (χ0n) is 14.3. The minimum Gasteiger partial charge on any atom is -0.486 e. The summed E-state index contributed by atoms with van der Waals surface area (Å²) in [5.41, 5.74) is 2.79. The first-order valence-electron chi connectivity index (χ1n) is 8.66. The lowest BCUT2D eigenvalue weighted by atomic mass is 10.1. The van der Waals surface area contributed by atoms with E-state index in [0.29, 0.717) is 13.2 Å². The third-order valence-electron chi connectivity index (χ3n) is 4.38. The van der Waals surface area contributed by atoms with Crippen LogP contribution in [-0.2, 0) is 13.2 Å². The average Bonchev–Trinajstić information content (AvgIpc) is 3.05. The van der Waals surface area contributed by atoms with Crippen LogP contribution in [0, 0.1) is 0 Å². The summed E-state index contributed by atoms with van der Waals surface area (Å²) in [7, 11) is 0. The molecule has 0 aliphatic carbocycles. The Hall–Kier alpha value is -3.11. The van der Waals surface area contributed by atoms with Gasteiger partial charge in [0.15, 0.2) is 0 Å². The summed E-state index contributed by atoms with van der Waals surface area (Å²) in [5.74, 6) is 1.60. The molecular weight excluding hydrogens is 324 g/mol. The van der Waals surface area contributed by atoms with E-state index in [9.17, 15) is 5.11 Å². The Morgan fingerprint density at radius 2 is 1.50 bits per heavy atom. The third kappa shape index (κ3) is 3.46. The highest BCUT2D eigenvalue weighted by Crippen LogP contribution is 2.22. The van der Waals surface area contributed by atoms with E-state index in [1.54, 1.807) is 0 Å². The molecule has 0 amide bonds. The van der Waals surface area contributed by atoms with E-state index in [1.165, 1.54) is 0 Å². The van der Waals surface area contributed by atoms with Gasteiger partial charge in [-0.2, -0.15) is 0 Å². The van der Waals surface area contributed by atoms with E-state index in [2.05, 4.69) is 0 Å². The van der Waals surface area contributed by atoms with Gasteiger partial charge in [-0.3, -0.25) is 0 Å². The fraction of sp³-hybridized carbons (Fsp3) is 0.136. The van der Waals surface area contributed by atoms with Gasteiger partial charge in [0.25, 0.3) is 0 Å². The monoisotopic (exact) mass is 344 g/mol. The van der Waals surface area contributed by atoms with Crippen molar-refractivity contribution in [2.75, 3.05) is 0 Å². The minimum atomic E-state index is -0.607. The van der Waals surface area contributed by atoms with Gasteiger partial charge in [0.2, 0.25) is 0 Å². The first kappa shape index (κ1) is 16.4. The van der Waals surface area contributed by atoms with Crippen LogP contribution in [0.2, 0.25) is 0 Å². The van der Waals surface area contributed by atoms with Crippen molar-refractivity contribution in [3.05, 3.63) is 96.3 Å². The van der Waals surface area contributed by atoms with Crippen LogP contribution in [0.3, 0.4) is 0 Å². The number of benzene rings is 3. The SMILES string of the molecule is O[C@@H](Cn1c(COc2ccccc2)nc2ccccc21)c1ccccc1. The molecule has 1 heterocycles. The molecule has 0 aliphatic rings. The van der Waals surface area contributed by atoms with Crippen molar-refractivity contribution in [1.82, 2.24) is 9.55 Å². The second-order valence-electron chi connectivity index (χ2n) is 6.16. The van der Waals surface area contributed by atoms with Gasteiger partial charge in [0.1, 0.15) is 18.2 Å². The predicted octanol–water partition coefficient (Wildman–Crippen LogP) is 4.35. The minimum absolute atomic E-state index is 0.347. The van der Waals surface area contributed by atoms with Crippen molar-refractivity contribution in [2.24, 2.45) is 0 Å². The maximum absolute atomic E-state index is 10.7. The fourth-order valence-electron chi connectivity index (χ4n) is 3.06. The summed E-state index contributed by atoms with van der Waals surface area (Å²) in [5, 5.41) is 10.7. The quantitative estimate of drug-likeness (QED) is 0.566. The van der Waals surface area contributed by atoms with E-state index < -0.39 is 6.10 Å². The van der Waals surface area contributed by atoms with Crippen molar-refractivity contribution in [3.8, 4) is 5.75 Å². The summed E-state index contributed by atoms with van der Waals surface area (Å²) >= 11 is 0. The highest BCUT2D eigenvalue weighted by molar-refractivity contribution is 5.75. The molecule has 26 heavy (non-hydrogen) atoms. The molecule has 130 valence electrons. The Morgan fingerprint density at radius 3 is 2.27 bits per heavy atom. The first-order valence-corrected chi connectivity index (χ1v) is 8.66. The number of aliphatic hydroxyl groups excluding tert-OH is 1. The van der Waals surface area contributed by atoms with E-state index >= 15 is 0 Å². The van der Waals surface area contributed by atoms with Crippen LogP contribution in [-0.4, -0.2) is 14.7 Å². The molecule has 1 atom stereocenters. The second-order valence-corrected chi connectivity index (χ2v) is 6.16. The van der Waals surface area contributed by atoms with Gasteiger partial charge >= 0.3 is 0 Å². The molecule has 0 bridgehead atoms. The van der Waals surface area contributed by atoms with Crippen LogP contribution in [0.4, 0.5) is 0 Å². The molecule has 0 saturated carbocycles. The number of imidazole rings is 1. The molecule has 0 radical (unpaired) electrons. The van der Waals surface area contributed by atoms with Gasteiger partial charge in [-0.25, -0.2) is 4.98 Å². The van der Waals surface area contributed by atoms with Crippen molar-refractivity contribution < 1.29 is 9.84 Å². The highest BCUT2D eigenvalue weighted by atomic mass is 16.5. The molecule has 4 rings (SSSR count). The normalized spacial score (nSPS) is 12.2. The summed E-state index contributed by atoms with van der Waals surface area (Å²) in [6.07, 6.45) is -0.607. The van der Waals surface area contributed by atoms with Gasteiger partial charge in [-0.05, 0) is 29.8 Å². The van der Waals surface area contributed by atoms with E-state index in [4.69, 9.17) is 9.72 Å². The summed E-state index contributed by atoms with van der Waals surface area (Å²) in [4.78, 5) is 4.70. The number of hydrogen-bond donors (Lipinski definition) is 1. The van der Waals surface area contributed by atoms with Crippen LogP contribution >= 0.6 is 0 Å². The number of aromatic nitrogens is 2. The predicted molar refractivity (Wildman–Crippen MR) is 102 cm³/mol. The molecule has 0 aliphatic heterocycles. The summed E-state index contributed by atoms with van der Waals surface area (Å²) < 4.78 is 7.92. The van der Waals surface area contributed by atoms with Gasteiger partial charge in [0.05, 0.1) is 23.7 Å². The highest BCUT2D eigenvalue weighted by Gasteiger charge is 2.15. The number of nitrogens with zero attached hydrogens (tertiary/aromatic N) is 2. The average molecular weight is 344 g/mol. The number of aliphatic hydroxyl groups is 1. The maximum atomic E-state index is 10.7. The van der Waals surface area contributed by atoms with Gasteiger partial charge in [0, 0.05) is 0 Å². The van der Waals surface area contributed by atoms with Crippen molar-refractivity contribution in [2.45, 2.75) is 19.3 Å². The molecular formula is C22H20N2O2. The topological polar surface area (TPSA) is 47.3 Å². The van der Waals surface area contributed by atoms with Gasteiger partial charge < -0.3 is 14.4 Å². The van der Waals surface area contributed by atoms with E-state index in [-0.39, 0.29) is 0 Å². The lowest BCUT2D eigenvalue weighted by Crippen LogP contribution is -2.13. The van der Waals surface area contributed by atoms with Crippen molar-refractivity contribution in [3.63, 3.8) is 0 Å². The van der Waals surface area contributed by atoms with Crippen molar-refractivity contribution in [1.29, 1.82) is 0 Å². The lowest BCUT2D eigenvalue weighted by molar-refractivity contribution is 0.154. The standard InChI is InChI=1S/C22H20N2O2/c25-21(17-9-3-1-4-10-17)15-24-20-14-8-7-13-19(20)23-22(24)16-26-18-11-5-2-6-12-18/h1-14,21,25H,15-16H2/t21-/m0/s1. The number of hydrogen-bond acceptors (Lipinski definition) is 3. The first-order chi connectivity index (χ1) is 12.8. The Balaban J connectivity index is 1.63. The van der Waals surface area contributed by atoms with E-state index in [0.717, 1.165) is 28.2 Å². The van der Waals surface area contributed by atoms with Crippen LogP contribution in [0.25, 0.3) is 11.0 Å². The zero-order valence-corrected chi connectivity index (χ0v) is 14.3. The van der Waals surface area contributed by atoms with E-state index in [1.807, 2.05) is 89.5 Å². The summed E-state index contributed by atoms with van der Waals surface area (Å²) in [6, 6.07) is 27.3. The fourth-order valence-corrected chi connectivity index (χ4v) is 3.06. The number of para-hydroxylation sites is 3. The van der Waals surface area contributed by atoms with Gasteiger partial charge in [-0.15, -0.1) is 0 Å². The number of ether oxygens (including phenoxy) is 1. The van der Waals surface area contributed by atoms with Crippen molar-refractivity contribution >= 4 is 11.0 Å². The lowest BCUT2D eigenvalue weighted by Gasteiger charge is -2.15. The van der Waals surface area contributed by atoms with Crippen LogP contribution < -0.4 is 4.74 Å². The zero-order chi connectivity index (χ0) is 17.8. The molecule has 0 fully saturated rings. The van der Waals surface area contributed by atoms with Crippen LogP contribution in [0.15, 0.2) is 84.9 Å². The Kier molecular flexibility index (Phi) is 4.67. The smallest absolute Gasteiger partial charge is 0.148 e. The molecule has 0 spiro atoms. The number of rotatable bonds is 6. The summed E-state index contributed by atoms with van der Waals surface area (Å²) in [6.45, 7) is 0.776. The van der Waals surface area contributed by atoms with Crippen LogP contribution in [0.5, 0.6) is 5.75 Å². The molecule has 4 heteroatoms. The largest absolute Gasteiger partial charge is 0.486 e. The second kappa shape index (κ2) is 7.42. The molecule has 4 nitrogen and oxygen atoms in total. The molecule has 0 unspecified atom stereocenters. The Bertz CT molecular complexity index is 981. The number of fused-ring (bicyclic) bond motifs is 1. The molecule has 4 aromatic rings. The molecule has 3 aromatic carbocycles. The molecule has 0 saturated heterocycles. The van der Waals surface area contributed by atoms with Gasteiger partial charge in [-0.1, -0.05) is 60.7 Å². The Labute approximate surface area is 152 Å². The molecule has 1 aromatic heterocycles. The Morgan fingerprint density at radius 1 is 0.846 bits per heavy atom. The van der Waals surface area contributed by atoms with Crippen LogP contribution in [0.1, 0.15) is 17.5 Å². The third-order valence-corrected chi connectivity index (χ3v) is 4.38.